The van der Waals surface area contributed by atoms with Crippen molar-refractivity contribution < 1.29 is 5.11 Å². The summed E-state index contributed by atoms with van der Waals surface area (Å²) in [6.45, 7) is 4.43. The van der Waals surface area contributed by atoms with Crippen LogP contribution in [0.25, 0.3) is 0 Å². The molecule has 5 nitrogen and oxygen atoms in total. The second kappa shape index (κ2) is 7.28. The highest BCUT2D eigenvalue weighted by Gasteiger charge is 2.30. The summed E-state index contributed by atoms with van der Waals surface area (Å²) in [5.41, 5.74) is 0.101. The molecular formula is C19H26N4O. The van der Waals surface area contributed by atoms with Gasteiger partial charge < -0.3 is 10.0 Å². The molecule has 0 saturated carbocycles. The molecule has 1 N–H and O–H groups in total. The first kappa shape index (κ1) is 16.9. The van der Waals surface area contributed by atoms with E-state index >= 15 is 0 Å². The Kier molecular flexibility index (Phi) is 5.11. The minimum atomic E-state index is -0.856. The van der Waals surface area contributed by atoms with Crippen molar-refractivity contribution in [1.29, 1.82) is 0 Å². The molecule has 0 radical (unpaired) electrons. The maximum absolute atomic E-state index is 10.9. The monoisotopic (exact) mass is 326 g/mol. The fourth-order valence-corrected chi connectivity index (χ4v) is 3.49. The summed E-state index contributed by atoms with van der Waals surface area (Å²) in [5.74, 6) is 0.936. The van der Waals surface area contributed by atoms with E-state index in [4.69, 9.17) is 0 Å². The molecule has 0 bridgehead atoms. The topological polar surface area (TPSA) is 52.5 Å². The second-order valence-corrected chi connectivity index (χ2v) is 6.88. The Morgan fingerprint density at radius 1 is 1.25 bits per heavy atom. The summed E-state index contributed by atoms with van der Waals surface area (Å²) in [7, 11) is 2.10. The van der Waals surface area contributed by atoms with Crippen molar-refractivity contribution in [3.63, 3.8) is 0 Å². The largest absolute Gasteiger partial charge is 0.384 e. The Labute approximate surface area is 143 Å². The van der Waals surface area contributed by atoms with Gasteiger partial charge in [-0.15, -0.1) is 5.10 Å². The number of likely N-dealkylation sites (N-methyl/N-ethyl adjacent to an activating group) is 1. The van der Waals surface area contributed by atoms with Crippen LogP contribution < -0.4 is 4.90 Å². The molecule has 3 rings (SSSR count). The van der Waals surface area contributed by atoms with Gasteiger partial charge >= 0.3 is 0 Å². The molecule has 128 valence electrons. The number of aliphatic hydroxyl groups is 1. The first-order valence-corrected chi connectivity index (χ1v) is 8.57. The van der Waals surface area contributed by atoms with Crippen LogP contribution in [0.2, 0.25) is 0 Å². The zero-order valence-corrected chi connectivity index (χ0v) is 14.5. The van der Waals surface area contributed by atoms with Gasteiger partial charge in [0.2, 0.25) is 0 Å². The van der Waals surface area contributed by atoms with E-state index < -0.39 is 5.60 Å². The van der Waals surface area contributed by atoms with E-state index in [0.29, 0.717) is 12.6 Å². The van der Waals surface area contributed by atoms with Crippen LogP contribution in [0, 0.1) is 0 Å². The average molecular weight is 326 g/mol. The lowest BCUT2D eigenvalue weighted by Gasteiger charge is -2.40. The smallest absolute Gasteiger partial charge is 0.151 e. The molecule has 2 atom stereocenters. The second-order valence-electron chi connectivity index (χ2n) is 6.88. The van der Waals surface area contributed by atoms with E-state index in [9.17, 15) is 5.11 Å². The van der Waals surface area contributed by atoms with Crippen LogP contribution >= 0.6 is 0 Å². The summed E-state index contributed by atoms with van der Waals surface area (Å²) in [5, 5.41) is 19.1. The normalized spacial score (nSPS) is 20.8. The van der Waals surface area contributed by atoms with Crippen LogP contribution in [0.4, 0.5) is 5.82 Å². The molecule has 2 heterocycles. The third kappa shape index (κ3) is 3.91. The summed E-state index contributed by atoms with van der Waals surface area (Å²) in [6.07, 6.45) is 3.96. The first-order valence-electron chi connectivity index (χ1n) is 8.57. The van der Waals surface area contributed by atoms with E-state index in [1.807, 2.05) is 49.4 Å². The van der Waals surface area contributed by atoms with Crippen LogP contribution in [-0.4, -0.2) is 52.9 Å². The average Bonchev–Trinajstić information content (AvgIpc) is 2.63. The quantitative estimate of drug-likeness (QED) is 0.913. The molecule has 2 aromatic rings. The SMILES string of the molecule is CN(C[C@@](C)(O)c1ccccc1)[C@H]1CCCN(c2cccnn2)C1. The zero-order valence-electron chi connectivity index (χ0n) is 14.5. The minimum Gasteiger partial charge on any atom is -0.384 e. The predicted molar refractivity (Wildman–Crippen MR) is 95.9 cm³/mol. The van der Waals surface area contributed by atoms with Crippen molar-refractivity contribution in [3.8, 4) is 0 Å². The lowest BCUT2D eigenvalue weighted by molar-refractivity contribution is 0.00955. The number of rotatable bonds is 5. The standard InChI is InChI=1S/C19H26N4O/c1-19(24,16-8-4-3-5-9-16)15-22(2)17-10-7-13-23(14-17)18-11-6-12-20-21-18/h3-6,8-9,11-12,17,24H,7,10,13-15H2,1-2H3/t17-,19+/m0/s1. The molecule has 0 aliphatic carbocycles. The van der Waals surface area contributed by atoms with Crippen molar-refractivity contribution in [2.75, 3.05) is 31.6 Å². The molecule has 0 spiro atoms. The van der Waals surface area contributed by atoms with Gasteiger partial charge in [0.25, 0.3) is 0 Å². The van der Waals surface area contributed by atoms with Crippen LogP contribution in [-0.2, 0) is 5.60 Å². The van der Waals surface area contributed by atoms with Gasteiger partial charge in [0, 0.05) is 31.9 Å². The number of aromatic nitrogens is 2. The van der Waals surface area contributed by atoms with Crippen molar-refractivity contribution in [3.05, 3.63) is 54.2 Å². The minimum absolute atomic E-state index is 0.399. The van der Waals surface area contributed by atoms with Crippen molar-refractivity contribution in [2.45, 2.75) is 31.4 Å². The molecule has 5 heteroatoms. The molecular weight excluding hydrogens is 300 g/mol. The van der Waals surface area contributed by atoms with Crippen molar-refractivity contribution in [2.24, 2.45) is 0 Å². The molecule has 24 heavy (non-hydrogen) atoms. The molecule has 1 aromatic heterocycles. The highest BCUT2D eigenvalue weighted by molar-refractivity contribution is 5.37. The number of nitrogens with zero attached hydrogens (tertiary/aromatic N) is 4. The molecule has 1 aliphatic heterocycles. The van der Waals surface area contributed by atoms with Crippen molar-refractivity contribution in [1.82, 2.24) is 15.1 Å². The fraction of sp³-hybridized carbons (Fsp3) is 0.474. The Hall–Kier alpha value is -1.98. The number of hydrogen-bond acceptors (Lipinski definition) is 5. The summed E-state index contributed by atoms with van der Waals surface area (Å²) in [6, 6.07) is 14.2. The third-order valence-corrected chi connectivity index (χ3v) is 4.86. The molecule has 1 saturated heterocycles. The predicted octanol–water partition coefficient (Wildman–Crippen LogP) is 2.28. The van der Waals surface area contributed by atoms with Gasteiger partial charge in [-0.2, -0.15) is 5.10 Å². The molecule has 1 aromatic carbocycles. The Morgan fingerprint density at radius 2 is 2.04 bits per heavy atom. The summed E-state index contributed by atoms with van der Waals surface area (Å²) in [4.78, 5) is 4.56. The maximum atomic E-state index is 10.9. The van der Waals surface area contributed by atoms with Gasteiger partial charge in [-0.25, -0.2) is 0 Å². The van der Waals surface area contributed by atoms with Crippen LogP contribution in [0.1, 0.15) is 25.3 Å². The van der Waals surface area contributed by atoms with E-state index in [1.54, 1.807) is 6.20 Å². The van der Waals surface area contributed by atoms with Crippen LogP contribution in [0.5, 0.6) is 0 Å². The molecule has 1 aliphatic rings. The zero-order chi connectivity index (χ0) is 17.0. The Bertz CT molecular complexity index is 632. The number of anilines is 1. The Morgan fingerprint density at radius 3 is 2.75 bits per heavy atom. The first-order chi connectivity index (χ1) is 11.6. The van der Waals surface area contributed by atoms with Gasteiger partial charge in [-0.1, -0.05) is 30.3 Å². The number of piperidine rings is 1. The lowest BCUT2D eigenvalue weighted by atomic mass is 9.94. The van der Waals surface area contributed by atoms with Gasteiger partial charge in [0.15, 0.2) is 5.82 Å². The van der Waals surface area contributed by atoms with Crippen LogP contribution in [0.15, 0.2) is 48.7 Å². The number of hydrogen-bond donors (Lipinski definition) is 1. The summed E-state index contributed by atoms with van der Waals surface area (Å²) < 4.78 is 0. The van der Waals surface area contributed by atoms with E-state index in [0.717, 1.165) is 37.3 Å². The summed E-state index contributed by atoms with van der Waals surface area (Å²) >= 11 is 0. The van der Waals surface area contributed by atoms with Gasteiger partial charge in [0.1, 0.15) is 0 Å². The van der Waals surface area contributed by atoms with Crippen LogP contribution in [0.3, 0.4) is 0 Å². The Balaban J connectivity index is 1.65. The number of benzene rings is 1. The van der Waals surface area contributed by atoms with E-state index in [1.165, 1.54) is 0 Å². The maximum Gasteiger partial charge on any atom is 0.151 e. The molecule has 0 unspecified atom stereocenters. The van der Waals surface area contributed by atoms with Gasteiger partial charge in [-0.3, -0.25) is 4.90 Å². The highest BCUT2D eigenvalue weighted by atomic mass is 16.3. The lowest BCUT2D eigenvalue weighted by Crippen LogP contribution is -2.50. The molecule has 0 amide bonds. The van der Waals surface area contributed by atoms with Crippen molar-refractivity contribution >= 4 is 5.82 Å². The van der Waals surface area contributed by atoms with Gasteiger partial charge in [0.05, 0.1) is 5.60 Å². The van der Waals surface area contributed by atoms with E-state index in [2.05, 4.69) is 27.0 Å². The molecule has 1 fully saturated rings. The van der Waals surface area contributed by atoms with Gasteiger partial charge in [-0.05, 0) is 44.5 Å². The highest BCUT2D eigenvalue weighted by Crippen LogP contribution is 2.25. The third-order valence-electron chi connectivity index (χ3n) is 4.86. The fourth-order valence-electron chi connectivity index (χ4n) is 3.49. The van der Waals surface area contributed by atoms with E-state index in [-0.39, 0.29) is 0 Å².